The summed E-state index contributed by atoms with van der Waals surface area (Å²) in [6.07, 6.45) is 1.19. The summed E-state index contributed by atoms with van der Waals surface area (Å²) in [5.74, 6) is 0. The second kappa shape index (κ2) is 6.33. The van der Waals surface area contributed by atoms with E-state index < -0.39 is 0 Å². The number of aldehydes is 1. The zero-order valence-electron chi connectivity index (χ0n) is 15.0. The highest BCUT2D eigenvalue weighted by Crippen LogP contribution is 2.24. The van der Waals surface area contributed by atoms with Crippen LogP contribution in [0.2, 0.25) is 0 Å². The molecule has 0 aliphatic rings. The Bertz CT molecular complexity index is 1180. The minimum Gasteiger partial charge on any atom is -0.348 e. The van der Waals surface area contributed by atoms with Gasteiger partial charge in [0, 0.05) is 31.1 Å². The molecule has 0 atom stereocenters. The predicted molar refractivity (Wildman–Crippen MR) is 104 cm³/mol. The summed E-state index contributed by atoms with van der Waals surface area (Å²) in [5, 5.41) is 1.18. The van der Waals surface area contributed by atoms with Gasteiger partial charge >= 0.3 is 5.69 Å². The Morgan fingerprint density at radius 2 is 1.73 bits per heavy atom. The molecule has 2 aromatic heterocycles. The predicted octanol–water partition coefficient (Wildman–Crippen LogP) is 3.24. The van der Waals surface area contributed by atoms with E-state index in [4.69, 9.17) is 0 Å². The fourth-order valence-corrected chi connectivity index (χ4v) is 3.76. The Morgan fingerprint density at radius 3 is 2.46 bits per heavy atom. The molecule has 2 heterocycles. The van der Waals surface area contributed by atoms with Crippen LogP contribution in [0.1, 0.15) is 17.7 Å². The number of carbonyl (C=O) groups is 1. The number of carbonyl (C=O) groups excluding carboxylic acids is 1. The average Bonchev–Trinajstić information content (AvgIpc) is 3.08. The number of benzene rings is 2. The summed E-state index contributed by atoms with van der Waals surface area (Å²) in [4.78, 5) is 23.8. The zero-order chi connectivity index (χ0) is 18.3. The van der Waals surface area contributed by atoms with Gasteiger partial charge in [-0.05, 0) is 30.7 Å². The quantitative estimate of drug-likeness (QED) is 0.520. The van der Waals surface area contributed by atoms with E-state index in [2.05, 4.69) is 36.7 Å². The van der Waals surface area contributed by atoms with Gasteiger partial charge in [0.25, 0.3) is 0 Å². The van der Waals surface area contributed by atoms with Gasteiger partial charge in [-0.2, -0.15) is 0 Å². The number of fused-ring (bicyclic) bond motifs is 2. The summed E-state index contributed by atoms with van der Waals surface area (Å²) >= 11 is 0. The van der Waals surface area contributed by atoms with Crippen molar-refractivity contribution < 1.29 is 4.79 Å². The Kier molecular flexibility index (Phi) is 3.99. The van der Waals surface area contributed by atoms with Crippen LogP contribution in [0.5, 0.6) is 0 Å². The first-order chi connectivity index (χ1) is 12.6. The zero-order valence-corrected chi connectivity index (χ0v) is 15.0. The number of imidazole rings is 1. The van der Waals surface area contributed by atoms with Crippen molar-refractivity contribution in [2.24, 2.45) is 7.05 Å². The second-order valence-electron chi connectivity index (χ2n) is 6.66. The molecular weight excluding hydrogens is 326 g/mol. The molecule has 0 saturated heterocycles. The summed E-state index contributed by atoms with van der Waals surface area (Å²) in [6, 6.07) is 16.1. The number of hydrogen-bond acceptors (Lipinski definition) is 2. The van der Waals surface area contributed by atoms with Gasteiger partial charge in [0.1, 0.15) is 6.29 Å². The largest absolute Gasteiger partial charge is 0.348 e. The number of rotatable bonds is 5. The number of nitrogens with zero attached hydrogens (tertiary/aromatic N) is 3. The summed E-state index contributed by atoms with van der Waals surface area (Å²) < 4.78 is 5.67. The van der Waals surface area contributed by atoms with Crippen LogP contribution in [0.4, 0.5) is 0 Å². The van der Waals surface area contributed by atoms with Gasteiger partial charge < -0.3 is 9.36 Å². The summed E-state index contributed by atoms with van der Waals surface area (Å²) in [7, 11) is 2.05. The lowest BCUT2D eigenvalue weighted by atomic mass is 10.1. The van der Waals surface area contributed by atoms with E-state index in [0.29, 0.717) is 19.5 Å². The molecule has 2 aromatic carbocycles. The van der Waals surface area contributed by atoms with Gasteiger partial charge in [0.05, 0.1) is 23.1 Å². The van der Waals surface area contributed by atoms with Crippen molar-refractivity contribution in [2.45, 2.75) is 26.4 Å². The molecule has 132 valence electrons. The third-order valence-electron chi connectivity index (χ3n) is 5.10. The highest BCUT2D eigenvalue weighted by atomic mass is 16.1. The summed E-state index contributed by atoms with van der Waals surface area (Å²) in [5.41, 5.74) is 5.14. The standard InChI is InChI=1S/C21H21N3O2/c1-15-13-16-7-5-8-17(20(16)22(15)2)14-24-19-10-4-3-9-18(19)23(21(24)26)11-6-12-25/h3-5,7-10,12-13H,6,11,14H2,1-2H3. The lowest BCUT2D eigenvalue weighted by molar-refractivity contribution is -0.108. The first kappa shape index (κ1) is 16.4. The van der Waals surface area contributed by atoms with Crippen LogP contribution in [0.3, 0.4) is 0 Å². The van der Waals surface area contributed by atoms with Crippen molar-refractivity contribution in [3.05, 3.63) is 70.3 Å². The molecule has 4 rings (SSSR count). The molecule has 26 heavy (non-hydrogen) atoms. The number of para-hydroxylation sites is 3. The van der Waals surface area contributed by atoms with Crippen LogP contribution in [-0.2, 0) is 24.9 Å². The van der Waals surface area contributed by atoms with Gasteiger partial charge in [-0.3, -0.25) is 9.13 Å². The van der Waals surface area contributed by atoms with E-state index in [1.807, 2.05) is 30.3 Å². The van der Waals surface area contributed by atoms with Crippen molar-refractivity contribution in [2.75, 3.05) is 0 Å². The number of aryl methyl sites for hydroxylation is 3. The molecular formula is C21H21N3O2. The van der Waals surface area contributed by atoms with Crippen LogP contribution in [0.25, 0.3) is 21.9 Å². The first-order valence-electron chi connectivity index (χ1n) is 8.77. The van der Waals surface area contributed by atoms with E-state index in [1.54, 1.807) is 9.13 Å². The number of hydrogen-bond donors (Lipinski definition) is 0. The van der Waals surface area contributed by atoms with Crippen LogP contribution in [0.15, 0.2) is 53.3 Å². The molecule has 0 fully saturated rings. The fraction of sp³-hybridized carbons (Fsp3) is 0.238. The molecule has 4 aromatic rings. The first-order valence-corrected chi connectivity index (χ1v) is 8.77. The molecule has 0 amide bonds. The van der Waals surface area contributed by atoms with E-state index in [9.17, 15) is 9.59 Å². The van der Waals surface area contributed by atoms with Crippen molar-refractivity contribution in [1.29, 1.82) is 0 Å². The monoisotopic (exact) mass is 347 g/mol. The lowest BCUT2D eigenvalue weighted by Gasteiger charge is -2.08. The molecule has 0 N–H and O–H groups in total. The third-order valence-corrected chi connectivity index (χ3v) is 5.10. The molecule has 5 heteroatoms. The van der Waals surface area contributed by atoms with Gasteiger partial charge in [-0.15, -0.1) is 0 Å². The number of aromatic nitrogens is 3. The van der Waals surface area contributed by atoms with Gasteiger partial charge in [-0.25, -0.2) is 4.79 Å². The van der Waals surface area contributed by atoms with Crippen LogP contribution in [-0.4, -0.2) is 20.0 Å². The van der Waals surface area contributed by atoms with E-state index in [1.165, 1.54) is 11.1 Å². The maximum atomic E-state index is 13.0. The maximum absolute atomic E-state index is 13.0. The van der Waals surface area contributed by atoms with Crippen molar-refractivity contribution in [3.63, 3.8) is 0 Å². The van der Waals surface area contributed by atoms with Gasteiger partial charge in [0.15, 0.2) is 0 Å². The molecule has 0 aliphatic carbocycles. The average molecular weight is 347 g/mol. The van der Waals surface area contributed by atoms with Gasteiger partial charge in [0.2, 0.25) is 0 Å². The fourth-order valence-electron chi connectivity index (χ4n) is 3.76. The smallest absolute Gasteiger partial charge is 0.329 e. The minimum absolute atomic E-state index is 0.0732. The normalized spacial score (nSPS) is 11.5. The molecule has 0 unspecified atom stereocenters. The third kappa shape index (κ3) is 2.47. The lowest BCUT2D eigenvalue weighted by Crippen LogP contribution is -2.25. The second-order valence-corrected chi connectivity index (χ2v) is 6.66. The maximum Gasteiger partial charge on any atom is 0.329 e. The molecule has 0 spiro atoms. The van der Waals surface area contributed by atoms with E-state index in [-0.39, 0.29) is 5.69 Å². The van der Waals surface area contributed by atoms with Gasteiger partial charge in [-0.1, -0.05) is 30.3 Å². The SMILES string of the molecule is Cc1cc2cccc(Cn3c(=O)n(CCC=O)c4ccccc43)c2n1C. The topological polar surface area (TPSA) is 48.9 Å². The van der Waals surface area contributed by atoms with Crippen molar-refractivity contribution >= 4 is 28.2 Å². The minimum atomic E-state index is -0.0732. The molecule has 5 nitrogen and oxygen atoms in total. The molecule has 0 aliphatic heterocycles. The van der Waals surface area contributed by atoms with E-state index >= 15 is 0 Å². The highest BCUT2D eigenvalue weighted by Gasteiger charge is 2.15. The van der Waals surface area contributed by atoms with Crippen LogP contribution >= 0.6 is 0 Å². The molecule has 0 bridgehead atoms. The molecule has 0 radical (unpaired) electrons. The van der Waals surface area contributed by atoms with Crippen molar-refractivity contribution in [1.82, 2.24) is 13.7 Å². The van der Waals surface area contributed by atoms with Crippen LogP contribution in [0, 0.1) is 6.92 Å². The molecule has 0 saturated carbocycles. The Hall–Kier alpha value is -3.08. The Balaban J connectivity index is 1.90. The Labute approximate surface area is 151 Å². The highest BCUT2D eigenvalue weighted by molar-refractivity contribution is 5.85. The van der Waals surface area contributed by atoms with Crippen molar-refractivity contribution in [3.8, 4) is 0 Å². The summed E-state index contributed by atoms with van der Waals surface area (Å²) in [6.45, 7) is 2.99. The van der Waals surface area contributed by atoms with E-state index in [0.717, 1.165) is 28.4 Å². The van der Waals surface area contributed by atoms with Crippen LogP contribution < -0.4 is 5.69 Å². The Morgan fingerprint density at radius 1 is 1.00 bits per heavy atom.